The molecule has 2 aromatic carbocycles. The number of fused-ring (bicyclic) bond motifs is 2. The van der Waals surface area contributed by atoms with Crippen LogP contribution in [0.3, 0.4) is 0 Å². The van der Waals surface area contributed by atoms with Crippen LogP contribution in [0.4, 0.5) is 0 Å². The Balaban J connectivity index is 1.000. The van der Waals surface area contributed by atoms with E-state index < -0.39 is 5.97 Å². The molecule has 0 bridgehead atoms. The van der Waals surface area contributed by atoms with Crippen molar-refractivity contribution in [3.8, 4) is 5.88 Å². The van der Waals surface area contributed by atoms with Gasteiger partial charge in [-0.1, -0.05) is 18.2 Å². The number of likely N-dealkylation sites (tertiary alicyclic amines) is 1. The first-order valence-electron chi connectivity index (χ1n) is 14.6. The molecule has 5 heterocycles. The lowest BCUT2D eigenvalue weighted by Crippen LogP contribution is -2.35. The number of imidazole rings is 1. The van der Waals surface area contributed by atoms with E-state index in [9.17, 15) is 9.90 Å². The molecule has 0 unspecified atom stereocenters. The molecule has 1 atom stereocenters. The number of rotatable bonds is 9. The highest BCUT2D eigenvalue weighted by atomic mass is 16.5. The van der Waals surface area contributed by atoms with Crippen LogP contribution in [0.5, 0.6) is 5.88 Å². The maximum atomic E-state index is 11.6. The van der Waals surface area contributed by atoms with Gasteiger partial charge in [0.05, 0.1) is 35.8 Å². The van der Waals surface area contributed by atoms with Gasteiger partial charge < -0.3 is 19.1 Å². The number of hydrogen-bond acceptors (Lipinski definition) is 7. The van der Waals surface area contributed by atoms with Gasteiger partial charge in [0, 0.05) is 42.1 Å². The fraction of sp³-hybridized carbons (Fsp3) is 0.333. The summed E-state index contributed by atoms with van der Waals surface area (Å²) in [6.07, 6.45) is 6.85. The summed E-state index contributed by atoms with van der Waals surface area (Å²) < 4.78 is 14.0. The maximum Gasteiger partial charge on any atom is 0.335 e. The van der Waals surface area contributed by atoms with Gasteiger partial charge in [-0.25, -0.2) is 14.8 Å². The smallest absolute Gasteiger partial charge is 0.335 e. The van der Waals surface area contributed by atoms with Crippen LogP contribution >= 0.6 is 0 Å². The largest absolute Gasteiger partial charge is 0.478 e. The quantitative estimate of drug-likeness (QED) is 0.254. The number of carboxylic acid groups (broad SMARTS) is 1. The van der Waals surface area contributed by atoms with Crippen molar-refractivity contribution < 1.29 is 19.4 Å². The molecule has 0 amide bonds. The minimum Gasteiger partial charge on any atom is -0.478 e. The average molecular weight is 564 g/mol. The molecular weight excluding hydrogens is 530 g/mol. The predicted molar refractivity (Wildman–Crippen MR) is 159 cm³/mol. The van der Waals surface area contributed by atoms with Crippen LogP contribution in [0, 0.1) is 0 Å². The highest BCUT2D eigenvalue weighted by Crippen LogP contribution is 2.30. The second kappa shape index (κ2) is 11.5. The maximum absolute atomic E-state index is 11.6. The number of carbonyl (C=O) groups is 1. The lowest BCUT2D eigenvalue weighted by atomic mass is 9.93. The molecule has 3 aromatic heterocycles. The van der Waals surface area contributed by atoms with Gasteiger partial charge in [0.15, 0.2) is 0 Å². The third-order valence-electron chi connectivity index (χ3n) is 8.46. The number of ether oxygens (including phenoxy) is 2. The van der Waals surface area contributed by atoms with Gasteiger partial charge in [-0.2, -0.15) is 0 Å². The highest BCUT2D eigenvalue weighted by molar-refractivity contribution is 5.92. The number of carboxylic acids is 1. The van der Waals surface area contributed by atoms with Crippen molar-refractivity contribution >= 4 is 27.8 Å². The molecule has 1 N–H and O–H groups in total. The van der Waals surface area contributed by atoms with E-state index in [0.29, 0.717) is 24.9 Å². The van der Waals surface area contributed by atoms with Gasteiger partial charge in [-0.05, 0) is 79.7 Å². The molecule has 7 rings (SSSR count). The standard InChI is InChI=1S/C33H33N5O4/c39-33(40)25-6-7-29-30(17-25)38(19-27-11-15-41-27)31(35-29)20-37-13-9-23(10-14-37)28-2-1-3-32(36-28)42-21-22-4-5-26-18-34-12-8-24(26)16-22/h1-8,12,16-18,23,27H,9-11,13-15,19-21H2,(H,39,40)/t27-/m0/s1. The summed E-state index contributed by atoms with van der Waals surface area (Å²) in [5.41, 5.74) is 4.14. The van der Waals surface area contributed by atoms with E-state index in [2.05, 4.69) is 38.7 Å². The number of hydrogen-bond donors (Lipinski definition) is 1. The summed E-state index contributed by atoms with van der Waals surface area (Å²) in [6, 6.07) is 19.5. The van der Waals surface area contributed by atoms with Crippen molar-refractivity contribution in [2.75, 3.05) is 19.7 Å². The van der Waals surface area contributed by atoms with Crippen LogP contribution in [-0.4, -0.2) is 61.3 Å². The molecule has 2 saturated heterocycles. The fourth-order valence-corrected chi connectivity index (χ4v) is 5.97. The summed E-state index contributed by atoms with van der Waals surface area (Å²) in [7, 11) is 0. The summed E-state index contributed by atoms with van der Waals surface area (Å²) in [4.78, 5) is 28.0. The van der Waals surface area contributed by atoms with Crippen molar-refractivity contribution in [2.24, 2.45) is 0 Å². The normalized spacial score (nSPS) is 17.9. The average Bonchev–Trinajstić information content (AvgIpc) is 3.34. The van der Waals surface area contributed by atoms with Gasteiger partial charge in [0.2, 0.25) is 5.88 Å². The summed E-state index contributed by atoms with van der Waals surface area (Å²) in [6.45, 7) is 4.53. The number of aromatic carboxylic acids is 1. The van der Waals surface area contributed by atoms with Crippen LogP contribution in [0.25, 0.3) is 21.8 Å². The second-order valence-electron chi connectivity index (χ2n) is 11.2. The Labute approximate surface area is 243 Å². The van der Waals surface area contributed by atoms with Crippen LogP contribution < -0.4 is 4.74 Å². The molecule has 5 aromatic rings. The van der Waals surface area contributed by atoms with Crippen molar-refractivity contribution in [1.82, 2.24) is 24.4 Å². The Hall–Kier alpha value is -4.34. The molecule has 42 heavy (non-hydrogen) atoms. The van der Waals surface area contributed by atoms with Crippen molar-refractivity contribution in [2.45, 2.75) is 51.0 Å². The Morgan fingerprint density at radius 2 is 1.88 bits per heavy atom. The molecule has 9 nitrogen and oxygen atoms in total. The fourth-order valence-electron chi connectivity index (χ4n) is 5.97. The first kappa shape index (κ1) is 26.6. The molecule has 0 radical (unpaired) electrons. The molecule has 2 fully saturated rings. The molecule has 0 spiro atoms. The Bertz CT molecular complexity index is 1740. The van der Waals surface area contributed by atoms with Gasteiger partial charge in [0.1, 0.15) is 12.4 Å². The van der Waals surface area contributed by atoms with Crippen LogP contribution in [0.15, 0.2) is 73.1 Å². The van der Waals surface area contributed by atoms with Gasteiger partial charge >= 0.3 is 5.97 Å². The van der Waals surface area contributed by atoms with Crippen molar-refractivity contribution in [1.29, 1.82) is 0 Å². The topological polar surface area (TPSA) is 103 Å². The zero-order chi connectivity index (χ0) is 28.5. The highest BCUT2D eigenvalue weighted by Gasteiger charge is 2.26. The number of nitrogens with zero attached hydrogens (tertiary/aromatic N) is 5. The van der Waals surface area contributed by atoms with E-state index in [1.807, 2.05) is 30.5 Å². The third-order valence-corrected chi connectivity index (χ3v) is 8.46. The third kappa shape index (κ3) is 5.57. The molecule has 9 heteroatoms. The SMILES string of the molecule is O=C(O)c1ccc2nc(CN3CCC(c4cccc(OCc5ccc6cnccc6c5)n4)CC3)n(C[C@@H]3CCO3)c2c1. The first-order chi connectivity index (χ1) is 20.6. The van der Waals surface area contributed by atoms with E-state index in [-0.39, 0.29) is 11.7 Å². The Morgan fingerprint density at radius 3 is 2.69 bits per heavy atom. The lowest BCUT2D eigenvalue weighted by Gasteiger charge is -2.32. The minimum atomic E-state index is -0.928. The molecule has 0 saturated carbocycles. The van der Waals surface area contributed by atoms with E-state index in [1.54, 1.807) is 18.3 Å². The van der Waals surface area contributed by atoms with Crippen LogP contribution in [-0.2, 0) is 24.4 Å². The molecular formula is C33H33N5O4. The van der Waals surface area contributed by atoms with Gasteiger partial charge in [-0.15, -0.1) is 0 Å². The number of pyridine rings is 2. The van der Waals surface area contributed by atoms with E-state index in [1.165, 1.54) is 0 Å². The monoisotopic (exact) mass is 563 g/mol. The van der Waals surface area contributed by atoms with Crippen LogP contribution in [0.1, 0.15) is 52.6 Å². The minimum absolute atomic E-state index is 0.152. The Kier molecular flexibility index (Phi) is 7.27. The van der Waals surface area contributed by atoms with E-state index in [0.717, 1.165) is 84.4 Å². The summed E-state index contributed by atoms with van der Waals surface area (Å²) >= 11 is 0. The zero-order valence-electron chi connectivity index (χ0n) is 23.4. The van der Waals surface area contributed by atoms with E-state index >= 15 is 0 Å². The molecule has 0 aliphatic carbocycles. The van der Waals surface area contributed by atoms with Gasteiger partial charge in [-0.3, -0.25) is 9.88 Å². The number of aromatic nitrogens is 4. The number of benzene rings is 2. The van der Waals surface area contributed by atoms with Crippen molar-refractivity contribution in [3.63, 3.8) is 0 Å². The second-order valence-corrected chi connectivity index (χ2v) is 11.2. The van der Waals surface area contributed by atoms with E-state index in [4.69, 9.17) is 19.4 Å². The Morgan fingerprint density at radius 1 is 1.00 bits per heavy atom. The summed E-state index contributed by atoms with van der Waals surface area (Å²) in [5, 5.41) is 11.8. The lowest BCUT2D eigenvalue weighted by molar-refractivity contribution is -0.0592. The first-order valence-corrected chi connectivity index (χ1v) is 14.6. The summed E-state index contributed by atoms with van der Waals surface area (Å²) in [5.74, 6) is 1.05. The van der Waals surface area contributed by atoms with Gasteiger partial charge in [0.25, 0.3) is 0 Å². The van der Waals surface area contributed by atoms with Crippen molar-refractivity contribution in [3.05, 3.63) is 95.7 Å². The van der Waals surface area contributed by atoms with Crippen LogP contribution in [0.2, 0.25) is 0 Å². The molecule has 2 aliphatic heterocycles. The molecule has 2 aliphatic rings. The predicted octanol–water partition coefficient (Wildman–Crippen LogP) is 5.43. The molecule has 214 valence electrons. The number of piperidine rings is 1. The zero-order valence-corrected chi connectivity index (χ0v) is 23.4.